The quantitative estimate of drug-likeness (QED) is 0.795. The van der Waals surface area contributed by atoms with Crippen LogP contribution in [-0.2, 0) is 5.75 Å². The van der Waals surface area contributed by atoms with Crippen molar-refractivity contribution < 1.29 is 4.63 Å². The van der Waals surface area contributed by atoms with Crippen LogP contribution in [0.4, 0.5) is 5.69 Å². The van der Waals surface area contributed by atoms with E-state index in [1.54, 1.807) is 18.0 Å². The molecule has 2 heterocycles. The second-order valence-corrected chi connectivity index (χ2v) is 4.01. The van der Waals surface area contributed by atoms with E-state index in [1.165, 1.54) is 0 Å². The van der Waals surface area contributed by atoms with Gasteiger partial charge in [0.05, 0.1) is 16.9 Å². The fraction of sp³-hybridized carbons (Fsp3) is 0.222. The van der Waals surface area contributed by atoms with Crippen molar-refractivity contribution in [3.63, 3.8) is 0 Å². The molecule has 0 aliphatic rings. The van der Waals surface area contributed by atoms with Crippen LogP contribution in [0.1, 0.15) is 11.4 Å². The number of hydrogen-bond acceptors (Lipinski definition) is 6. The van der Waals surface area contributed by atoms with Crippen LogP contribution >= 0.6 is 11.8 Å². The maximum atomic E-state index is 5.53. The van der Waals surface area contributed by atoms with E-state index in [0.717, 1.165) is 16.4 Å². The molecule has 0 bridgehead atoms. The van der Waals surface area contributed by atoms with Crippen molar-refractivity contribution in [2.24, 2.45) is 0 Å². The maximum absolute atomic E-state index is 5.53. The molecule has 0 atom stereocenters. The van der Waals surface area contributed by atoms with E-state index >= 15 is 0 Å². The monoisotopic (exact) mass is 222 g/mol. The van der Waals surface area contributed by atoms with Gasteiger partial charge in [-0.15, -0.1) is 0 Å². The van der Waals surface area contributed by atoms with Crippen molar-refractivity contribution in [2.45, 2.75) is 17.7 Å². The standard InChI is InChI=1S/C9H10N4OS/c1-6-8(13-14-12-6)5-15-9-3-2-7(10)4-11-9/h2-4H,5,10H2,1H3. The third-order valence-corrected chi connectivity index (χ3v) is 2.82. The fourth-order valence-electron chi connectivity index (χ4n) is 1.000. The smallest absolute Gasteiger partial charge is 0.118 e. The lowest BCUT2D eigenvalue weighted by Gasteiger charge is -1.98. The predicted molar refractivity (Wildman–Crippen MR) is 57.2 cm³/mol. The lowest BCUT2D eigenvalue weighted by atomic mass is 10.4. The van der Waals surface area contributed by atoms with Crippen molar-refractivity contribution in [2.75, 3.05) is 5.73 Å². The van der Waals surface area contributed by atoms with Crippen molar-refractivity contribution >= 4 is 17.4 Å². The highest BCUT2D eigenvalue weighted by Crippen LogP contribution is 2.21. The minimum Gasteiger partial charge on any atom is -0.397 e. The first-order valence-corrected chi connectivity index (χ1v) is 5.36. The van der Waals surface area contributed by atoms with Gasteiger partial charge in [0, 0.05) is 5.75 Å². The molecule has 2 rings (SSSR count). The molecule has 0 aromatic carbocycles. The second kappa shape index (κ2) is 4.31. The first-order chi connectivity index (χ1) is 7.25. The SMILES string of the molecule is Cc1nonc1CSc1ccc(N)cn1. The maximum Gasteiger partial charge on any atom is 0.118 e. The zero-order chi connectivity index (χ0) is 10.7. The molecule has 2 aromatic rings. The molecule has 0 saturated carbocycles. The number of anilines is 1. The minimum atomic E-state index is 0.665. The zero-order valence-corrected chi connectivity index (χ0v) is 8.99. The summed E-state index contributed by atoms with van der Waals surface area (Å²) in [7, 11) is 0. The summed E-state index contributed by atoms with van der Waals surface area (Å²) >= 11 is 1.57. The Hall–Kier alpha value is -1.56. The summed E-state index contributed by atoms with van der Waals surface area (Å²) < 4.78 is 4.60. The Morgan fingerprint density at radius 3 is 2.87 bits per heavy atom. The fourth-order valence-corrected chi connectivity index (χ4v) is 1.84. The Morgan fingerprint density at radius 1 is 1.40 bits per heavy atom. The van der Waals surface area contributed by atoms with E-state index in [1.807, 2.05) is 19.1 Å². The summed E-state index contributed by atoms with van der Waals surface area (Å²) in [6, 6.07) is 3.70. The van der Waals surface area contributed by atoms with E-state index < -0.39 is 0 Å². The summed E-state index contributed by atoms with van der Waals surface area (Å²) in [5.74, 6) is 0.701. The summed E-state index contributed by atoms with van der Waals surface area (Å²) in [4.78, 5) is 4.17. The number of nitrogens with two attached hydrogens (primary N) is 1. The highest BCUT2D eigenvalue weighted by molar-refractivity contribution is 7.98. The summed E-state index contributed by atoms with van der Waals surface area (Å²) in [5.41, 5.74) is 7.86. The van der Waals surface area contributed by atoms with Crippen molar-refractivity contribution in [1.82, 2.24) is 15.3 Å². The molecule has 0 radical (unpaired) electrons. The summed E-state index contributed by atoms with van der Waals surface area (Å²) in [6.45, 7) is 1.86. The van der Waals surface area contributed by atoms with Gasteiger partial charge in [-0.05, 0) is 19.1 Å². The number of rotatable bonds is 3. The molecule has 2 aromatic heterocycles. The van der Waals surface area contributed by atoms with Crippen LogP contribution in [0.5, 0.6) is 0 Å². The van der Waals surface area contributed by atoms with Crippen LogP contribution in [0.2, 0.25) is 0 Å². The molecular weight excluding hydrogens is 212 g/mol. The number of pyridine rings is 1. The van der Waals surface area contributed by atoms with Crippen LogP contribution in [0.15, 0.2) is 28.0 Å². The van der Waals surface area contributed by atoms with Crippen LogP contribution in [0, 0.1) is 6.92 Å². The number of nitrogen functional groups attached to an aromatic ring is 1. The average Bonchev–Trinajstić information content (AvgIpc) is 2.63. The predicted octanol–water partition coefficient (Wildman–Crippen LogP) is 1.65. The third kappa shape index (κ3) is 2.47. The highest BCUT2D eigenvalue weighted by atomic mass is 32.2. The summed E-state index contributed by atoms with van der Waals surface area (Å²) in [5, 5.41) is 8.40. The van der Waals surface area contributed by atoms with Gasteiger partial charge in [-0.2, -0.15) is 0 Å². The van der Waals surface area contributed by atoms with Crippen LogP contribution in [0.25, 0.3) is 0 Å². The molecule has 0 spiro atoms. The van der Waals surface area contributed by atoms with Crippen LogP contribution in [-0.4, -0.2) is 15.3 Å². The van der Waals surface area contributed by atoms with Crippen molar-refractivity contribution in [1.29, 1.82) is 0 Å². The average molecular weight is 222 g/mol. The van der Waals surface area contributed by atoms with Gasteiger partial charge in [-0.25, -0.2) is 9.61 Å². The molecule has 6 heteroatoms. The molecule has 78 valence electrons. The molecule has 5 nitrogen and oxygen atoms in total. The lowest BCUT2D eigenvalue weighted by molar-refractivity contribution is 0.302. The second-order valence-electron chi connectivity index (χ2n) is 3.01. The van der Waals surface area contributed by atoms with E-state index in [9.17, 15) is 0 Å². The highest BCUT2D eigenvalue weighted by Gasteiger charge is 2.05. The first-order valence-electron chi connectivity index (χ1n) is 4.38. The van der Waals surface area contributed by atoms with Gasteiger partial charge in [-0.3, -0.25) is 0 Å². The largest absolute Gasteiger partial charge is 0.397 e. The van der Waals surface area contributed by atoms with E-state index in [4.69, 9.17) is 5.73 Å². The Balaban J connectivity index is 1.99. The number of aryl methyl sites for hydroxylation is 1. The van der Waals surface area contributed by atoms with Crippen LogP contribution in [0.3, 0.4) is 0 Å². The van der Waals surface area contributed by atoms with Gasteiger partial charge in [0.15, 0.2) is 0 Å². The number of aromatic nitrogens is 3. The van der Waals surface area contributed by atoms with Gasteiger partial charge in [0.25, 0.3) is 0 Å². The van der Waals surface area contributed by atoms with Crippen LogP contribution < -0.4 is 5.73 Å². The van der Waals surface area contributed by atoms with E-state index in [0.29, 0.717) is 11.4 Å². The van der Waals surface area contributed by atoms with Gasteiger partial charge >= 0.3 is 0 Å². The normalized spacial score (nSPS) is 10.5. The van der Waals surface area contributed by atoms with Gasteiger partial charge in [0.2, 0.25) is 0 Å². The number of hydrogen-bond donors (Lipinski definition) is 1. The van der Waals surface area contributed by atoms with Gasteiger partial charge in [-0.1, -0.05) is 22.1 Å². The Kier molecular flexibility index (Phi) is 2.86. The molecule has 0 amide bonds. The van der Waals surface area contributed by atoms with E-state index in [-0.39, 0.29) is 0 Å². The third-order valence-electron chi connectivity index (χ3n) is 1.86. The molecule has 0 fully saturated rings. The molecule has 0 saturated heterocycles. The molecule has 0 aliphatic carbocycles. The number of nitrogens with zero attached hydrogens (tertiary/aromatic N) is 3. The zero-order valence-electron chi connectivity index (χ0n) is 8.17. The topological polar surface area (TPSA) is 77.8 Å². The van der Waals surface area contributed by atoms with Gasteiger partial charge in [0.1, 0.15) is 11.4 Å². The minimum absolute atomic E-state index is 0.665. The Bertz CT molecular complexity index is 440. The molecule has 15 heavy (non-hydrogen) atoms. The molecule has 2 N–H and O–H groups in total. The lowest BCUT2D eigenvalue weighted by Crippen LogP contribution is -1.88. The summed E-state index contributed by atoms with van der Waals surface area (Å²) in [6.07, 6.45) is 1.64. The molecule has 0 unspecified atom stereocenters. The Morgan fingerprint density at radius 2 is 2.27 bits per heavy atom. The van der Waals surface area contributed by atoms with E-state index in [2.05, 4.69) is 19.9 Å². The van der Waals surface area contributed by atoms with Crippen molar-refractivity contribution in [3.05, 3.63) is 29.7 Å². The first kappa shape index (κ1) is 9.97. The molecular formula is C9H10N4OS. The van der Waals surface area contributed by atoms with Gasteiger partial charge < -0.3 is 5.73 Å². The van der Waals surface area contributed by atoms with Crippen molar-refractivity contribution in [3.8, 4) is 0 Å². The Labute approximate surface area is 91.0 Å². The number of thioether (sulfide) groups is 1. The molecule has 0 aliphatic heterocycles.